The quantitative estimate of drug-likeness (QED) is 0.790. The Bertz CT molecular complexity index is 566. The molecule has 1 aliphatic rings. The van der Waals surface area contributed by atoms with Crippen molar-refractivity contribution in [2.45, 2.75) is 38.3 Å². The first-order valence-corrected chi connectivity index (χ1v) is 7.87. The molecule has 0 aliphatic carbocycles. The van der Waals surface area contributed by atoms with Crippen molar-refractivity contribution in [1.29, 1.82) is 0 Å². The number of halogens is 2. The highest BCUT2D eigenvalue weighted by Gasteiger charge is 2.30. The normalized spacial score (nSPS) is 17.9. The molecule has 2 amide bonds. The second kappa shape index (κ2) is 8.58. The van der Waals surface area contributed by atoms with Gasteiger partial charge in [-0.05, 0) is 50.1 Å². The lowest BCUT2D eigenvalue weighted by Gasteiger charge is -2.32. The van der Waals surface area contributed by atoms with Crippen LogP contribution in [0, 0.1) is 0 Å². The topological polar surface area (TPSA) is 84.7 Å². The molecule has 1 aromatic carbocycles. The van der Waals surface area contributed by atoms with E-state index in [4.69, 9.17) is 5.73 Å². The van der Waals surface area contributed by atoms with Gasteiger partial charge < -0.3 is 20.7 Å². The monoisotopic (exact) mass is 341 g/mol. The predicted octanol–water partition coefficient (Wildman–Crippen LogP) is 1.64. The highest BCUT2D eigenvalue weighted by atomic mass is 19.3. The van der Waals surface area contributed by atoms with Crippen LogP contribution >= 0.6 is 0 Å². The van der Waals surface area contributed by atoms with Crippen molar-refractivity contribution in [3.63, 3.8) is 0 Å². The maximum absolute atomic E-state index is 12.5. The largest absolute Gasteiger partial charge is 0.435 e. The molecule has 0 radical (unpaired) electrons. The number of piperidine rings is 1. The summed E-state index contributed by atoms with van der Waals surface area (Å²) in [7, 11) is 0. The molecule has 6 nitrogen and oxygen atoms in total. The number of alkyl halides is 2. The van der Waals surface area contributed by atoms with Gasteiger partial charge in [-0.3, -0.25) is 9.59 Å². The first kappa shape index (κ1) is 18.1. The molecule has 8 heteroatoms. The second-order valence-corrected chi connectivity index (χ2v) is 5.52. The van der Waals surface area contributed by atoms with Crippen LogP contribution in [-0.2, 0) is 9.59 Å². The Balaban J connectivity index is 2.00. The Morgan fingerprint density at radius 1 is 1.38 bits per heavy atom. The van der Waals surface area contributed by atoms with E-state index in [1.807, 2.05) is 0 Å². The van der Waals surface area contributed by atoms with Crippen molar-refractivity contribution in [1.82, 2.24) is 5.32 Å². The van der Waals surface area contributed by atoms with Crippen LogP contribution < -0.4 is 20.7 Å². The van der Waals surface area contributed by atoms with Crippen LogP contribution in [0.4, 0.5) is 14.5 Å². The lowest BCUT2D eigenvalue weighted by atomic mass is 10.0. The third-order valence-electron chi connectivity index (χ3n) is 3.76. The van der Waals surface area contributed by atoms with Gasteiger partial charge in [0.1, 0.15) is 11.8 Å². The minimum atomic E-state index is -2.89. The third-order valence-corrected chi connectivity index (χ3v) is 3.76. The number of hydrogen-bond acceptors (Lipinski definition) is 4. The highest BCUT2D eigenvalue weighted by molar-refractivity contribution is 5.99. The summed E-state index contributed by atoms with van der Waals surface area (Å²) in [4.78, 5) is 25.9. The van der Waals surface area contributed by atoms with Gasteiger partial charge in [0.05, 0.1) is 0 Å². The van der Waals surface area contributed by atoms with Crippen molar-refractivity contribution < 1.29 is 23.1 Å². The van der Waals surface area contributed by atoms with E-state index >= 15 is 0 Å². The molecule has 0 saturated carbocycles. The summed E-state index contributed by atoms with van der Waals surface area (Å²) in [6.07, 6.45) is 2.18. The molecule has 1 aliphatic heterocycles. The average molecular weight is 341 g/mol. The standard InChI is InChI=1S/C16H21F2N3O3/c17-16(18)24-12-7-5-11(6-8-12)21-10-2-3-13(15(21)23)20-14(22)4-1-9-19/h5-8,13,16H,1-4,9-10,19H2,(H,20,22). The number of carbonyl (C=O) groups is 2. The van der Waals surface area contributed by atoms with Crippen molar-refractivity contribution in [3.05, 3.63) is 24.3 Å². The van der Waals surface area contributed by atoms with Crippen molar-refractivity contribution in [2.75, 3.05) is 18.0 Å². The van der Waals surface area contributed by atoms with E-state index in [-0.39, 0.29) is 17.6 Å². The van der Waals surface area contributed by atoms with Crippen LogP contribution in [-0.4, -0.2) is 37.6 Å². The molecule has 2 rings (SSSR count). The maximum Gasteiger partial charge on any atom is 0.387 e. The lowest BCUT2D eigenvalue weighted by Crippen LogP contribution is -2.52. The SMILES string of the molecule is NCCCC(=O)NC1CCCN(c2ccc(OC(F)F)cc2)C1=O. The molecule has 0 bridgehead atoms. The van der Waals surface area contributed by atoms with Crippen molar-refractivity contribution in [2.24, 2.45) is 5.73 Å². The second-order valence-electron chi connectivity index (χ2n) is 5.52. The van der Waals surface area contributed by atoms with Crippen LogP contribution in [0.2, 0.25) is 0 Å². The summed E-state index contributed by atoms with van der Waals surface area (Å²) >= 11 is 0. The van der Waals surface area contributed by atoms with E-state index in [0.29, 0.717) is 38.0 Å². The molecule has 0 aromatic heterocycles. The number of anilines is 1. The Morgan fingerprint density at radius 2 is 2.08 bits per heavy atom. The van der Waals surface area contributed by atoms with E-state index in [9.17, 15) is 18.4 Å². The summed E-state index contributed by atoms with van der Waals surface area (Å²) in [5.74, 6) is -0.365. The van der Waals surface area contributed by atoms with Crippen LogP contribution in [0.25, 0.3) is 0 Å². The molecule has 24 heavy (non-hydrogen) atoms. The number of carbonyl (C=O) groups excluding carboxylic acids is 2. The first-order valence-electron chi connectivity index (χ1n) is 7.87. The average Bonchev–Trinajstić information content (AvgIpc) is 2.55. The minimum absolute atomic E-state index is 0.0323. The Labute approximate surface area is 138 Å². The molecular formula is C16H21F2N3O3. The zero-order chi connectivity index (χ0) is 17.5. The molecule has 132 valence electrons. The summed E-state index contributed by atoms with van der Waals surface area (Å²) in [6.45, 7) is -1.95. The van der Waals surface area contributed by atoms with Gasteiger partial charge in [-0.15, -0.1) is 0 Å². The fourth-order valence-electron chi connectivity index (χ4n) is 2.60. The van der Waals surface area contributed by atoms with E-state index < -0.39 is 12.7 Å². The molecular weight excluding hydrogens is 320 g/mol. The summed E-state index contributed by atoms with van der Waals surface area (Å²) in [5.41, 5.74) is 5.95. The number of benzene rings is 1. The zero-order valence-corrected chi connectivity index (χ0v) is 13.2. The van der Waals surface area contributed by atoms with Gasteiger partial charge >= 0.3 is 6.61 Å². The Kier molecular flexibility index (Phi) is 6.48. The number of nitrogens with zero attached hydrogens (tertiary/aromatic N) is 1. The summed E-state index contributed by atoms with van der Waals surface area (Å²) < 4.78 is 28.6. The molecule has 1 aromatic rings. The number of nitrogens with one attached hydrogen (secondary N) is 1. The van der Waals surface area contributed by atoms with Crippen LogP contribution in [0.15, 0.2) is 24.3 Å². The molecule has 0 spiro atoms. The van der Waals surface area contributed by atoms with Crippen molar-refractivity contribution >= 4 is 17.5 Å². The third kappa shape index (κ3) is 4.89. The fourth-order valence-corrected chi connectivity index (χ4v) is 2.60. The molecule has 1 heterocycles. The maximum atomic E-state index is 12.5. The molecule has 1 atom stereocenters. The Hall–Kier alpha value is -2.22. The van der Waals surface area contributed by atoms with Gasteiger partial charge in [-0.2, -0.15) is 8.78 Å². The van der Waals surface area contributed by atoms with Crippen LogP contribution in [0.1, 0.15) is 25.7 Å². The minimum Gasteiger partial charge on any atom is -0.435 e. The zero-order valence-electron chi connectivity index (χ0n) is 13.2. The van der Waals surface area contributed by atoms with Gasteiger partial charge in [0, 0.05) is 18.7 Å². The number of hydrogen-bond donors (Lipinski definition) is 2. The number of nitrogens with two attached hydrogens (primary N) is 1. The van der Waals surface area contributed by atoms with Gasteiger partial charge in [-0.25, -0.2) is 0 Å². The first-order chi connectivity index (χ1) is 11.5. The van der Waals surface area contributed by atoms with E-state index in [1.54, 1.807) is 17.0 Å². The van der Waals surface area contributed by atoms with Crippen LogP contribution in [0.5, 0.6) is 5.75 Å². The molecule has 3 N–H and O–H groups in total. The smallest absolute Gasteiger partial charge is 0.387 e. The lowest BCUT2D eigenvalue weighted by molar-refractivity contribution is -0.128. The van der Waals surface area contributed by atoms with Gasteiger partial charge in [0.15, 0.2) is 0 Å². The highest BCUT2D eigenvalue weighted by Crippen LogP contribution is 2.24. The fraction of sp³-hybridized carbons (Fsp3) is 0.500. The number of ether oxygens (including phenoxy) is 1. The predicted molar refractivity (Wildman–Crippen MR) is 84.9 cm³/mol. The number of rotatable bonds is 7. The van der Waals surface area contributed by atoms with E-state index in [2.05, 4.69) is 10.1 Å². The summed E-state index contributed by atoms with van der Waals surface area (Å²) in [6, 6.07) is 5.31. The molecule has 1 saturated heterocycles. The summed E-state index contributed by atoms with van der Waals surface area (Å²) in [5, 5.41) is 2.73. The van der Waals surface area contributed by atoms with Crippen molar-refractivity contribution in [3.8, 4) is 5.75 Å². The number of amides is 2. The van der Waals surface area contributed by atoms with Gasteiger partial charge in [0.2, 0.25) is 11.8 Å². The van der Waals surface area contributed by atoms with Crippen LogP contribution in [0.3, 0.4) is 0 Å². The molecule has 1 unspecified atom stereocenters. The Morgan fingerprint density at radius 3 is 2.71 bits per heavy atom. The van der Waals surface area contributed by atoms with E-state index in [1.165, 1.54) is 12.1 Å². The van der Waals surface area contributed by atoms with E-state index in [0.717, 1.165) is 6.42 Å². The molecule has 1 fully saturated rings. The van der Waals surface area contributed by atoms with Gasteiger partial charge in [-0.1, -0.05) is 0 Å². The van der Waals surface area contributed by atoms with Gasteiger partial charge in [0.25, 0.3) is 0 Å².